The molecule has 0 aromatic heterocycles. The molecule has 130 valence electrons. The number of likely N-dealkylation sites (tertiary alicyclic amines) is 1. The molecule has 0 bridgehead atoms. The standard InChI is InChI=1S/C19H17F2NO3/c20-15-6-4-12(5-7-15)8-14-10-18(24)22(19(14)25)11-17(23)13-2-1-3-16(21)9-13/h1-7,9,14,17,23H,8,10-11H2/t14-,17-/m1/s1. The molecule has 1 saturated heterocycles. The minimum absolute atomic E-state index is 0.0477. The normalized spacial score (nSPS) is 18.7. The van der Waals surface area contributed by atoms with Gasteiger partial charge < -0.3 is 5.11 Å². The number of benzene rings is 2. The molecule has 1 N–H and O–H groups in total. The van der Waals surface area contributed by atoms with Crippen molar-refractivity contribution in [2.45, 2.75) is 18.9 Å². The van der Waals surface area contributed by atoms with Gasteiger partial charge in [0.25, 0.3) is 0 Å². The number of hydrogen-bond acceptors (Lipinski definition) is 3. The molecule has 25 heavy (non-hydrogen) atoms. The van der Waals surface area contributed by atoms with E-state index in [9.17, 15) is 23.5 Å². The zero-order chi connectivity index (χ0) is 18.0. The monoisotopic (exact) mass is 345 g/mol. The maximum atomic E-state index is 13.2. The molecule has 2 aromatic rings. The summed E-state index contributed by atoms with van der Waals surface area (Å²) in [6.45, 7) is -0.207. The Kier molecular flexibility index (Phi) is 4.90. The van der Waals surface area contributed by atoms with Crippen molar-refractivity contribution in [1.82, 2.24) is 4.90 Å². The van der Waals surface area contributed by atoms with Gasteiger partial charge in [-0.2, -0.15) is 0 Å². The molecule has 6 heteroatoms. The molecule has 0 radical (unpaired) electrons. The van der Waals surface area contributed by atoms with Crippen molar-refractivity contribution in [3.63, 3.8) is 0 Å². The summed E-state index contributed by atoms with van der Waals surface area (Å²) in [6, 6.07) is 11.2. The van der Waals surface area contributed by atoms with Crippen LogP contribution in [0.5, 0.6) is 0 Å². The van der Waals surface area contributed by atoms with E-state index < -0.39 is 17.8 Å². The molecule has 1 aliphatic heterocycles. The van der Waals surface area contributed by atoms with E-state index in [0.29, 0.717) is 12.0 Å². The first-order chi connectivity index (χ1) is 11.9. The first-order valence-electron chi connectivity index (χ1n) is 7.96. The minimum atomic E-state index is -1.15. The van der Waals surface area contributed by atoms with Crippen molar-refractivity contribution < 1.29 is 23.5 Å². The lowest BCUT2D eigenvalue weighted by Crippen LogP contribution is -2.34. The first kappa shape index (κ1) is 17.2. The molecule has 1 aliphatic rings. The van der Waals surface area contributed by atoms with Gasteiger partial charge in [-0.05, 0) is 41.8 Å². The van der Waals surface area contributed by atoms with E-state index >= 15 is 0 Å². The molecule has 4 nitrogen and oxygen atoms in total. The zero-order valence-electron chi connectivity index (χ0n) is 13.4. The maximum absolute atomic E-state index is 13.2. The van der Waals surface area contributed by atoms with Crippen molar-refractivity contribution in [3.8, 4) is 0 Å². The molecule has 2 atom stereocenters. The Hall–Kier alpha value is -2.60. The Bertz CT molecular complexity index is 792. The molecule has 0 unspecified atom stereocenters. The van der Waals surface area contributed by atoms with Crippen LogP contribution in [-0.4, -0.2) is 28.4 Å². The highest BCUT2D eigenvalue weighted by Crippen LogP contribution is 2.26. The first-order valence-corrected chi connectivity index (χ1v) is 7.96. The van der Waals surface area contributed by atoms with E-state index in [1.54, 1.807) is 12.1 Å². The largest absolute Gasteiger partial charge is 0.387 e. The fourth-order valence-corrected chi connectivity index (χ4v) is 3.00. The number of carbonyl (C=O) groups excluding carboxylic acids is 2. The van der Waals surface area contributed by atoms with Crippen molar-refractivity contribution in [2.24, 2.45) is 5.92 Å². The molecule has 2 aromatic carbocycles. The topological polar surface area (TPSA) is 57.6 Å². The van der Waals surface area contributed by atoms with Gasteiger partial charge >= 0.3 is 0 Å². The number of amides is 2. The van der Waals surface area contributed by atoms with Gasteiger partial charge in [0, 0.05) is 6.42 Å². The predicted molar refractivity (Wildman–Crippen MR) is 86.3 cm³/mol. The van der Waals surface area contributed by atoms with Gasteiger partial charge in [0.1, 0.15) is 11.6 Å². The van der Waals surface area contributed by atoms with Crippen LogP contribution in [0.15, 0.2) is 48.5 Å². The number of aliphatic hydroxyl groups is 1. The second kappa shape index (κ2) is 7.11. The Morgan fingerprint density at radius 2 is 1.80 bits per heavy atom. The van der Waals surface area contributed by atoms with Crippen LogP contribution in [0.4, 0.5) is 8.78 Å². The highest BCUT2D eigenvalue weighted by Gasteiger charge is 2.39. The van der Waals surface area contributed by atoms with Crippen LogP contribution >= 0.6 is 0 Å². The van der Waals surface area contributed by atoms with Crippen LogP contribution in [0.3, 0.4) is 0 Å². The third-order valence-corrected chi connectivity index (χ3v) is 4.32. The summed E-state index contributed by atoms with van der Waals surface area (Å²) in [6.07, 6.45) is -0.767. The molecule has 0 aliphatic carbocycles. The van der Waals surface area contributed by atoms with Crippen LogP contribution in [0, 0.1) is 17.6 Å². The Morgan fingerprint density at radius 3 is 2.48 bits per heavy atom. The second-order valence-corrected chi connectivity index (χ2v) is 6.15. The van der Waals surface area contributed by atoms with Crippen molar-refractivity contribution >= 4 is 11.8 Å². The summed E-state index contributed by atoms with van der Waals surface area (Å²) in [5.41, 5.74) is 1.07. The van der Waals surface area contributed by atoms with Gasteiger partial charge in [-0.1, -0.05) is 24.3 Å². The molecule has 2 amide bonds. The third-order valence-electron chi connectivity index (χ3n) is 4.32. The Labute approximate surface area is 143 Å². The summed E-state index contributed by atoms with van der Waals surface area (Å²) < 4.78 is 26.2. The van der Waals surface area contributed by atoms with Crippen molar-refractivity contribution in [3.05, 3.63) is 71.3 Å². The van der Waals surface area contributed by atoms with Gasteiger partial charge in [0.05, 0.1) is 18.6 Å². The lowest BCUT2D eigenvalue weighted by molar-refractivity contribution is -0.141. The molecular weight excluding hydrogens is 328 g/mol. The van der Waals surface area contributed by atoms with E-state index in [2.05, 4.69) is 0 Å². The van der Waals surface area contributed by atoms with Gasteiger partial charge in [-0.3, -0.25) is 14.5 Å². The molecule has 1 heterocycles. The van der Waals surface area contributed by atoms with Crippen LogP contribution in [0.25, 0.3) is 0 Å². The molecule has 1 fully saturated rings. The molecule has 0 saturated carbocycles. The van der Waals surface area contributed by atoms with Gasteiger partial charge in [-0.25, -0.2) is 8.78 Å². The van der Waals surface area contributed by atoms with Crippen LogP contribution < -0.4 is 0 Å². The fraction of sp³-hybridized carbons (Fsp3) is 0.263. The quantitative estimate of drug-likeness (QED) is 0.848. The SMILES string of the molecule is O=C1C[C@@H](Cc2ccc(F)cc2)C(=O)N1C[C@@H](O)c1cccc(F)c1. The van der Waals surface area contributed by atoms with E-state index in [0.717, 1.165) is 10.5 Å². The summed E-state index contributed by atoms with van der Waals surface area (Å²) >= 11 is 0. The number of halogens is 2. The summed E-state index contributed by atoms with van der Waals surface area (Å²) in [7, 11) is 0. The molecule has 3 rings (SSSR count). The highest BCUT2D eigenvalue weighted by molar-refractivity contribution is 6.03. The average molecular weight is 345 g/mol. The highest BCUT2D eigenvalue weighted by atomic mass is 19.1. The summed E-state index contributed by atoms with van der Waals surface area (Å²) in [5.74, 6) is -2.13. The maximum Gasteiger partial charge on any atom is 0.233 e. The van der Waals surface area contributed by atoms with Crippen molar-refractivity contribution in [2.75, 3.05) is 6.54 Å². The smallest absolute Gasteiger partial charge is 0.233 e. The van der Waals surface area contributed by atoms with E-state index in [-0.39, 0.29) is 30.6 Å². The van der Waals surface area contributed by atoms with Crippen LogP contribution in [-0.2, 0) is 16.0 Å². The fourth-order valence-electron chi connectivity index (χ4n) is 3.00. The average Bonchev–Trinajstić information content (AvgIpc) is 2.84. The number of rotatable bonds is 5. The van der Waals surface area contributed by atoms with E-state index in [1.165, 1.54) is 36.4 Å². The predicted octanol–water partition coefficient (Wildman–Crippen LogP) is 2.62. The number of aliphatic hydroxyl groups excluding tert-OH is 1. The van der Waals surface area contributed by atoms with Gasteiger partial charge in [0.15, 0.2) is 0 Å². The van der Waals surface area contributed by atoms with Gasteiger partial charge in [0.2, 0.25) is 11.8 Å². The van der Waals surface area contributed by atoms with Crippen LogP contribution in [0.2, 0.25) is 0 Å². The van der Waals surface area contributed by atoms with Crippen molar-refractivity contribution in [1.29, 1.82) is 0 Å². The summed E-state index contributed by atoms with van der Waals surface area (Å²) in [5, 5.41) is 10.2. The number of β-amino-alcohol motifs (C(OH)–C–C–N with tert-alkyl or cyclic N) is 1. The Morgan fingerprint density at radius 1 is 1.08 bits per heavy atom. The van der Waals surface area contributed by atoms with Gasteiger partial charge in [-0.15, -0.1) is 0 Å². The molecular formula is C19H17F2NO3. The Balaban J connectivity index is 1.67. The van der Waals surface area contributed by atoms with E-state index in [4.69, 9.17) is 0 Å². The second-order valence-electron chi connectivity index (χ2n) is 6.15. The number of nitrogens with zero attached hydrogens (tertiary/aromatic N) is 1. The molecule has 0 spiro atoms. The number of hydrogen-bond donors (Lipinski definition) is 1. The minimum Gasteiger partial charge on any atom is -0.387 e. The van der Waals surface area contributed by atoms with E-state index in [1.807, 2.05) is 0 Å². The number of carbonyl (C=O) groups is 2. The lowest BCUT2D eigenvalue weighted by atomic mass is 9.98. The third kappa shape index (κ3) is 3.91. The summed E-state index contributed by atoms with van der Waals surface area (Å²) in [4.78, 5) is 25.6. The van der Waals surface area contributed by atoms with Crippen LogP contribution in [0.1, 0.15) is 23.7 Å². The lowest BCUT2D eigenvalue weighted by Gasteiger charge is -2.19. The number of imide groups is 1. The zero-order valence-corrected chi connectivity index (χ0v) is 13.4.